The third kappa shape index (κ3) is 0.829. The molecule has 1 aliphatic heterocycles. The van der Waals surface area contributed by atoms with Gasteiger partial charge in [-0.25, -0.2) is 4.79 Å². The lowest BCUT2D eigenvalue weighted by Gasteiger charge is -2.44. The normalized spacial score (nSPS) is 51.0. The zero-order valence-corrected chi connectivity index (χ0v) is 10.6. The van der Waals surface area contributed by atoms with Gasteiger partial charge in [0.2, 0.25) is 5.91 Å². The minimum atomic E-state index is -0.934. The maximum atomic E-state index is 11.8. The molecule has 0 aromatic heterocycles. The van der Waals surface area contributed by atoms with Crippen molar-refractivity contribution in [2.45, 2.75) is 45.6 Å². The summed E-state index contributed by atoms with van der Waals surface area (Å²) in [4.78, 5) is 25.2. The number of hydrogen-bond acceptors (Lipinski definition) is 2. The first-order valence-electron chi connectivity index (χ1n) is 6.31. The van der Waals surface area contributed by atoms with E-state index in [1.165, 1.54) is 6.92 Å². The molecular formula is C13H19NO3. The maximum Gasteiger partial charge on any atom is 0.330 e. The summed E-state index contributed by atoms with van der Waals surface area (Å²) in [6.45, 7) is 6.37. The van der Waals surface area contributed by atoms with Crippen LogP contribution in [0, 0.1) is 16.7 Å². The number of likely N-dealkylation sites (tertiary alicyclic amines) is 1. The van der Waals surface area contributed by atoms with E-state index < -0.39 is 11.5 Å². The van der Waals surface area contributed by atoms with Gasteiger partial charge in [-0.1, -0.05) is 13.8 Å². The summed E-state index contributed by atoms with van der Waals surface area (Å²) in [5.74, 6) is -0.428. The molecule has 4 nitrogen and oxygen atoms in total. The van der Waals surface area contributed by atoms with E-state index >= 15 is 0 Å². The summed E-state index contributed by atoms with van der Waals surface area (Å²) < 4.78 is 0. The number of rotatable bonds is 1. The number of carbonyl (C=O) groups is 2. The van der Waals surface area contributed by atoms with Crippen molar-refractivity contribution in [2.24, 2.45) is 16.7 Å². The van der Waals surface area contributed by atoms with Crippen LogP contribution < -0.4 is 0 Å². The smallest absolute Gasteiger partial charge is 0.330 e. The molecule has 94 valence electrons. The molecule has 17 heavy (non-hydrogen) atoms. The zero-order chi connectivity index (χ0) is 12.6. The van der Waals surface area contributed by atoms with Gasteiger partial charge in [-0.05, 0) is 30.6 Å². The van der Waals surface area contributed by atoms with Gasteiger partial charge in [0, 0.05) is 18.9 Å². The van der Waals surface area contributed by atoms with Crippen LogP contribution in [0.3, 0.4) is 0 Å². The molecule has 1 saturated heterocycles. The predicted octanol–water partition coefficient (Wildman–Crippen LogP) is 1.50. The number of piperidine rings is 1. The summed E-state index contributed by atoms with van der Waals surface area (Å²) >= 11 is 0. The number of carboxylic acids is 1. The van der Waals surface area contributed by atoms with Crippen molar-refractivity contribution < 1.29 is 14.7 Å². The average Bonchev–Trinajstić information content (AvgIpc) is 2.68. The summed E-state index contributed by atoms with van der Waals surface area (Å²) in [6.07, 6.45) is 2.70. The standard InChI is InChI=1S/C13H19NO3/c1-8(15)14-7-11(2)9-4-5-12(11,3)13(14,6-9)10(16)17/h9H,4-7H2,1-3H3,(H,16,17). The highest BCUT2D eigenvalue weighted by Gasteiger charge is 2.80. The fourth-order valence-corrected chi connectivity index (χ4v) is 5.10. The van der Waals surface area contributed by atoms with Crippen LogP contribution >= 0.6 is 0 Å². The van der Waals surface area contributed by atoms with Crippen LogP contribution in [0.4, 0.5) is 0 Å². The second kappa shape index (κ2) is 2.68. The SMILES string of the molecule is CC(=O)N1CC2(C)C3CCC2(C)C1(C(=O)O)C3. The molecule has 1 heterocycles. The lowest BCUT2D eigenvalue weighted by Crippen LogP contribution is -2.60. The first-order valence-corrected chi connectivity index (χ1v) is 6.31. The Hall–Kier alpha value is -1.06. The van der Waals surface area contributed by atoms with Crippen LogP contribution in [0.1, 0.15) is 40.0 Å². The molecule has 3 rings (SSSR count). The number of carbonyl (C=O) groups excluding carboxylic acids is 1. The molecule has 2 aliphatic carbocycles. The van der Waals surface area contributed by atoms with Crippen LogP contribution in [0.25, 0.3) is 0 Å². The molecule has 0 radical (unpaired) electrons. The molecule has 2 saturated carbocycles. The second-order valence-corrected chi connectivity index (χ2v) is 6.46. The van der Waals surface area contributed by atoms with Crippen LogP contribution in [0.5, 0.6) is 0 Å². The molecule has 3 aliphatic rings. The first kappa shape index (κ1) is 11.1. The Bertz CT molecular complexity index is 434. The van der Waals surface area contributed by atoms with Gasteiger partial charge in [0.25, 0.3) is 0 Å². The fraction of sp³-hybridized carbons (Fsp3) is 0.846. The van der Waals surface area contributed by atoms with E-state index in [0.717, 1.165) is 12.8 Å². The van der Waals surface area contributed by atoms with Crippen molar-refractivity contribution in [2.75, 3.05) is 6.54 Å². The molecule has 0 aromatic rings. The molecule has 1 N–H and O–H groups in total. The minimum absolute atomic E-state index is 0.00292. The number of carboxylic acid groups (broad SMARTS) is 1. The quantitative estimate of drug-likeness (QED) is 0.752. The van der Waals surface area contributed by atoms with Crippen LogP contribution in [0.2, 0.25) is 0 Å². The molecule has 4 bridgehead atoms. The Labute approximate surface area is 101 Å². The number of hydrogen-bond donors (Lipinski definition) is 1. The van der Waals surface area contributed by atoms with Gasteiger partial charge in [0.05, 0.1) is 0 Å². The third-order valence-corrected chi connectivity index (χ3v) is 6.29. The monoisotopic (exact) mass is 237 g/mol. The topological polar surface area (TPSA) is 57.6 Å². The first-order chi connectivity index (χ1) is 7.79. The van der Waals surface area contributed by atoms with Crippen LogP contribution in [-0.2, 0) is 9.59 Å². The highest BCUT2D eigenvalue weighted by Crippen LogP contribution is 2.75. The number of amides is 1. The van der Waals surface area contributed by atoms with Crippen molar-refractivity contribution in [3.05, 3.63) is 0 Å². The molecule has 4 unspecified atom stereocenters. The number of aliphatic carboxylic acids is 1. The molecule has 0 aromatic carbocycles. The van der Waals surface area contributed by atoms with E-state index in [1.807, 2.05) is 0 Å². The van der Waals surface area contributed by atoms with Crippen molar-refractivity contribution in [1.29, 1.82) is 0 Å². The Balaban J connectivity index is 2.21. The van der Waals surface area contributed by atoms with E-state index in [9.17, 15) is 14.7 Å². The fourth-order valence-electron chi connectivity index (χ4n) is 5.10. The molecule has 4 atom stereocenters. The Morgan fingerprint density at radius 3 is 2.47 bits per heavy atom. The molecule has 1 amide bonds. The van der Waals surface area contributed by atoms with Crippen molar-refractivity contribution in [1.82, 2.24) is 4.90 Å². The van der Waals surface area contributed by atoms with Gasteiger partial charge in [-0.15, -0.1) is 0 Å². The summed E-state index contributed by atoms with van der Waals surface area (Å²) in [7, 11) is 0. The second-order valence-electron chi connectivity index (χ2n) is 6.46. The van der Waals surface area contributed by atoms with E-state index in [-0.39, 0.29) is 16.7 Å². The average molecular weight is 237 g/mol. The van der Waals surface area contributed by atoms with Crippen molar-refractivity contribution in [3.8, 4) is 0 Å². The van der Waals surface area contributed by atoms with Gasteiger partial charge in [-0.3, -0.25) is 4.79 Å². The Morgan fingerprint density at radius 2 is 2.00 bits per heavy atom. The molecule has 4 heteroatoms. The van der Waals surface area contributed by atoms with E-state index in [2.05, 4.69) is 13.8 Å². The van der Waals surface area contributed by atoms with Gasteiger partial charge in [0.1, 0.15) is 5.54 Å². The predicted molar refractivity (Wildman–Crippen MR) is 61.3 cm³/mol. The van der Waals surface area contributed by atoms with Gasteiger partial charge in [0.15, 0.2) is 0 Å². The van der Waals surface area contributed by atoms with E-state index in [4.69, 9.17) is 0 Å². The van der Waals surface area contributed by atoms with Crippen LogP contribution in [0.15, 0.2) is 0 Å². The molecular weight excluding hydrogens is 218 g/mol. The van der Waals surface area contributed by atoms with Crippen molar-refractivity contribution in [3.63, 3.8) is 0 Å². The lowest BCUT2D eigenvalue weighted by molar-refractivity contribution is -0.163. The van der Waals surface area contributed by atoms with Crippen LogP contribution in [-0.4, -0.2) is 34.0 Å². The van der Waals surface area contributed by atoms with Crippen molar-refractivity contribution >= 4 is 11.9 Å². The van der Waals surface area contributed by atoms with Gasteiger partial charge >= 0.3 is 5.97 Å². The maximum absolute atomic E-state index is 11.8. The Kier molecular flexibility index (Phi) is 1.74. The summed E-state index contributed by atoms with van der Waals surface area (Å²) in [5, 5.41) is 9.72. The van der Waals surface area contributed by atoms with E-state index in [0.29, 0.717) is 18.9 Å². The summed E-state index contributed by atoms with van der Waals surface area (Å²) in [5.41, 5.74) is -1.18. The Morgan fingerprint density at radius 1 is 1.35 bits per heavy atom. The van der Waals surface area contributed by atoms with Gasteiger partial charge < -0.3 is 10.0 Å². The minimum Gasteiger partial charge on any atom is -0.479 e. The lowest BCUT2D eigenvalue weighted by atomic mass is 9.65. The summed E-state index contributed by atoms with van der Waals surface area (Å²) in [6, 6.07) is 0. The third-order valence-electron chi connectivity index (χ3n) is 6.29. The number of nitrogens with zero attached hydrogens (tertiary/aromatic N) is 1. The highest BCUT2D eigenvalue weighted by atomic mass is 16.4. The zero-order valence-electron chi connectivity index (χ0n) is 10.6. The van der Waals surface area contributed by atoms with Gasteiger partial charge in [-0.2, -0.15) is 0 Å². The van der Waals surface area contributed by atoms with E-state index in [1.54, 1.807) is 4.90 Å². The molecule has 3 fully saturated rings. The largest absolute Gasteiger partial charge is 0.479 e. The highest BCUT2D eigenvalue weighted by molar-refractivity contribution is 5.89. The molecule has 0 spiro atoms.